The van der Waals surface area contributed by atoms with Crippen molar-refractivity contribution in [3.63, 3.8) is 0 Å². The molecule has 0 bridgehead atoms. The van der Waals surface area contributed by atoms with Crippen molar-refractivity contribution in [3.8, 4) is 0 Å². The number of rotatable bonds is 4. The molecule has 8 aromatic rings. The summed E-state index contributed by atoms with van der Waals surface area (Å²) in [7, 11) is 0. The minimum atomic E-state index is 0.989. The molecule has 0 amide bonds. The fourth-order valence-corrected chi connectivity index (χ4v) is 8.47. The van der Waals surface area contributed by atoms with Gasteiger partial charge < -0.3 is 10.6 Å². The van der Waals surface area contributed by atoms with Crippen LogP contribution < -0.4 is 10.6 Å². The maximum Gasteiger partial charge on any atom is 0.0240 e. The summed E-state index contributed by atoms with van der Waals surface area (Å²) in [4.78, 5) is 5.32. The van der Waals surface area contributed by atoms with Gasteiger partial charge in [0.15, 0.2) is 0 Å². The van der Waals surface area contributed by atoms with Crippen molar-refractivity contribution in [1.29, 1.82) is 0 Å². The zero-order valence-electron chi connectivity index (χ0n) is 27.8. The van der Waals surface area contributed by atoms with Crippen LogP contribution in [-0.4, -0.2) is 62.2 Å². The van der Waals surface area contributed by atoms with E-state index in [0.29, 0.717) is 0 Å². The Morgan fingerprint density at radius 2 is 0.750 bits per heavy atom. The average molecular weight is 629 g/mol. The Kier molecular flexibility index (Phi) is 8.03. The van der Waals surface area contributed by atoms with E-state index in [2.05, 4.69) is 130 Å². The fraction of sp³-hybridized carbons (Fsp3) is 0.273. The summed E-state index contributed by atoms with van der Waals surface area (Å²) in [6.07, 6.45) is 2.31. The monoisotopic (exact) mass is 628 g/mol. The topological polar surface area (TPSA) is 30.5 Å². The van der Waals surface area contributed by atoms with Gasteiger partial charge in [-0.3, -0.25) is 9.80 Å². The van der Waals surface area contributed by atoms with Gasteiger partial charge in [0.2, 0.25) is 0 Å². The Hall–Kier alpha value is -4.32. The van der Waals surface area contributed by atoms with Crippen molar-refractivity contribution in [2.45, 2.75) is 25.9 Å². The number of nitrogens with zero attached hydrogens (tertiary/aromatic N) is 2. The maximum atomic E-state index is 3.80. The zero-order valence-corrected chi connectivity index (χ0v) is 27.8. The number of hydrogen-bond donors (Lipinski definition) is 2. The van der Waals surface area contributed by atoms with E-state index in [1.54, 1.807) is 0 Å². The molecule has 9 rings (SSSR count). The summed E-state index contributed by atoms with van der Waals surface area (Å²) >= 11 is 0. The van der Waals surface area contributed by atoms with Crippen LogP contribution in [0.5, 0.6) is 0 Å². The molecular formula is C44H44N4. The van der Waals surface area contributed by atoms with Gasteiger partial charge in [-0.15, -0.1) is 0 Å². The van der Waals surface area contributed by atoms with Crippen LogP contribution in [0.3, 0.4) is 0 Å². The summed E-state index contributed by atoms with van der Waals surface area (Å²) in [5.74, 6) is 0. The van der Waals surface area contributed by atoms with Crippen molar-refractivity contribution in [2.24, 2.45) is 0 Å². The fourth-order valence-electron chi connectivity index (χ4n) is 8.47. The summed E-state index contributed by atoms with van der Waals surface area (Å²) < 4.78 is 0. The van der Waals surface area contributed by atoms with E-state index in [-0.39, 0.29) is 0 Å². The van der Waals surface area contributed by atoms with E-state index in [1.807, 2.05) is 0 Å². The molecule has 4 nitrogen and oxygen atoms in total. The molecule has 0 unspecified atom stereocenters. The molecule has 0 aromatic heterocycles. The second-order valence-corrected chi connectivity index (χ2v) is 13.9. The predicted octanol–water partition coefficient (Wildman–Crippen LogP) is 8.76. The zero-order chi connectivity index (χ0) is 31.9. The minimum Gasteiger partial charge on any atom is -0.315 e. The molecule has 0 aliphatic carbocycles. The second-order valence-electron chi connectivity index (χ2n) is 13.9. The lowest BCUT2D eigenvalue weighted by molar-refractivity contribution is 0.242. The largest absolute Gasteiger partial charge is 0.315 e. The number of benzene rings is 8. The molecule has 1 fully saturated rings. The molecule has 1 aliphatic heterocycles. The first-order valence-corrected chi connectivity index (χ1v) is 18.0. The highest BCUT2D eigenvalue weighted by atomic mass is 15.2. The lowest BCUT2D eigenvalue weighted by Gasteiger charge is -2.26. The van der Waals surface area contributed by atoms with Gasteiger partial charge in [-0.05, 0) is 115 Å². The van der Waals surface area contributed by atoms with Gasteiger partial charge in [0, 0.05) is 39.3 Å². The normalized spacial score (nSPS) is 17.0. The molecule has 4 heteroatoms. The third-order valence-corrected chi connectivity index (χ3v) is 10.9. The first kappa shape index (κ1) is 29.8. The Morgan fingerprint density at radius 3 is 1.19 bits per heavy atom. The van der Waals surface area contributed by atoms with Crippen LogP contribution in [0, 0.1) is 0 Å². The Morgan fingerprint density at radius 1 is 0.375 bits per heavy atom. The van der Waals surface area contributed by atoms with Gasteiger partial charge in [0.05, 0.1) is 0 Å². The van der Waals surface area contributed by atoms with Crippen LogP contribution >= 0.6 is 0 Å². The molecule has 1 saturated heterocycles. The quantitative estimate of drug-likeness (QED) is 0.191. The van der Waals surface area contributed by atoms with Crippen LogP contribution in [0.1, 0.15) is 24.0 Å². The molecule has 2 N–H and O–H groups in total. The van der Waals surface area contributed by atoms with Gasteiger partial charge in [-0.25, -0.2) is 0 Å². The van der Waals surface area contributed by atoms with Crippen LogP contribution in [-0.2, 0) is 13.1 Å². The van der Waals surface area contributed by atoms with Crippen molar-refractivity contribution in [2.75, 3.05) is 52.4 Å². The molecule has 0 saturated carbocycles. The van der Waals surface area contributed by atoms with Gasteiger partial charge >= 0.3 is 0 Å². The number of nitrogens with one attached hydrogen (secondary N) is 2. The highest BCUT2D eigenvalue weighted by Crippen LogP contribution is 2.37. The molecule has 1 aliphatic rings. The highest BCUT2D eigenvalue weighted by molar-refractivity contribution is 6.24. The molecule has 0 spiro atoms. The van der Waals surface area contributed by atoms with E-state index in [0.717, 1.165) is 78.3 Å². The van der Waals surface area contributed by atoms with E-state index >= 15 is 0 Å². The minimum absolute atomic E-state index is 0.989. The van der Waals surface area contributed by atoms with E-state index < -0.39 is 0 Å². The molecule has 0 atom stereocenters. The number of hydrogen-bond acceptors (Lipinski definition) is 4. The maximum absolute atomic E-state index is 3.80. The van der Waals surface area contributed by atoms with E-state index in [4.69, 9.17) is 0 Å². The van der Waals surface area contributed by atoms with Crippen molar-refractivity contribution in [1.82, 2.24) is 20.4 Å². The van der Waals surface area contributed by atoms with Crippen LogP contribution in [0.4, 0.5) is 0 Å². The molecule has 1 heterocycles. The van der Waals surface area contributed by atoms with Crippen LogP contribution in [0.15, 0.2) is 109 Å². The van der Waals surface area contributed by atoms with Crippen LogP contribution in [0.25, 0.3) is 64.6 Å². The smallest absolute Gasteiger partial charge is 0.0240 e. The first-order valence-electron chi connectivity index (χ1n) is 18.0. The first-order chi connectivity index (χ1) is 23.8. The molecule has 48 heavy (non-hydrogen) atoms. The Balaban J connectivity index is 0.878. The third kappa shape index (κ3) is 5.53. The summed E-state index contributed by atoms with van der Waals surface area (Å²) in [6, 6.07) is 41.2. The standard InChI is InChI=1S/C44H44N4/c1-5-31-9-11-35-13-15-37(39-19-17-33(7-1)41(31)43(35)39)29-47-25-3-21-46-24-28-48(26-4-22-45-23-27-47)30-38-16-14-36-12-10-32-6-2-8-34-18-20-40(38)44(36)42(32)34/h1-2,5-20,45-46H,3-4,21-30H2. The molecule has 240 valence electrons. The summed E-state index contributed by atoms with van der Waals surface area (Å²) in [6.45, 7) is 10.5. The lowest BCUT2D eigenvalue weighted by atomic mass is 9.92. The van der Waals surface area contributed by atoms with Crippen molar-refractivity contribution < 1.29 is 0 Å². The average Bonchev–Trinajstić information content (AvgIpc) is 3.13. The summed E-state index contributed by atoms with van der Waals surface area (Å²) in [5, 5.41) is 24.1. The SMILES string of the molecule is c1cc2ccc3ccc(CN4CCCNCCN(Cc5ccc6ccc7cccc8ccc5c6c78)CCCNCC4)c4ccc(c1)c2c34. The van der Waals surface area contributed by atoms with Gasteiger partial charge in [0.1, 0.15) is 0 Å². The van der Waals surface area contributed by atoms with Crippen molar-refractivity contribution in [3.05, 3.63) is 120 Å². The van der Waals surface area contributed by atoms with Gasteiger partial charge in [0.25, 0.3) is 0 Å². The van der Waals surface area contributed by atoms with Crippen molar-refractivity contribution >= 4 is 64.6 Å². The Bertz CT molecular complexity index is 2130. The van der Waals surface area contributed by atoms with Gasteiger partial charge in [-0.2, -0.15) is 0 Å². The van der Waals surface area contributed by atoms with Crippen LogP contribution in [0.2, 0.25) is 0 Å². The molecular weight excluding hydrogens is 585 g/mol. The summed E-state index contributed by atoms with van der Waals surface area (Å²) in [5.41, 5.74) is 2.88. The third-order valence-electron chi connectivity index (χ3n) is 10.9. The molecule has 8 aromatic carbocycles. The van der Waals surface area contributed by atoms with E-state index in [9.17, 15) is 0 Å². The molecule has 0 radical (unpaired) electrons. The second kappa shape index (κ2) is 12.9. The lowest BCUT2D eigenvalue weighted by Crippen LogP contribution is -2.38. The predicted molar refractivity (Wildman–Crippen MR) is 206 cm³/mol. The Labute approximate surface area is 283 Å². The van der Waals surface area contributed by atoms with Gasteiger partial charge in [-0.1, -0.05) is 109 Å². The highest BCUT2D eigenvalue weighted by Gasteiger charge is 2.16. The van der Waals surface area contributed by atoms with E-state index in [1.165, 1.54) is 75.8 Å².